The van der Waals surface area contributed by atoms with Crippen LogP contribution >= 0.6 is 0 Å². The largest absolute Gasteiger partial charge is 0.375 e. The van der Waals surface area contributed by atoms with Gasteiger partial charge in [0.2, 0.25) is 0 Å². The second-order valence-electron chi connectivity index (χ2n) is 5.40. The molecule has 1 fully saturated rings. The summed E-state index contributed by atoms with van der Waals surface area (Å²) in [5, 5.41) is 0. The molecular formula is C18H21NO. The number of nitrogens with zero attached hydrogens (tertiary/aromatic N) is 1. The van der Waals surface area contributed by atoms with E-state index in [4.69, 9.17) is 4.74 Å². The number of ether oxygens (including phenoxy) is 1. The van der Waals surface area contributed by atoms with Crippen molar-refractivity contribution in [1.29, 1.82) is 0 Å². The lowest BCUT2D eigenvalue weighted by Crippen LogP contribution is -2.42. The summed E-state index contributed by atoms with van der Waals surface area (Å²) in [5.74, 6) is 0. The third-order valence-corrected chi connectivity index (χ3v) is 3.78. The zero-order valence-electron chi connectivity index (χ0n) is 11.7. The van der Waals surface area contributed by atoms with E-state index in [9.17, 15) is 0 Å². The topological polar surface area (TPSA) is 12.5 Å². The molecule has 0 spiro atoms. The second-order valence-corrected chi connectivity index (χ2v) is 5.40. The molecule has 1 atom stereocenters. The van der Waals surface area contributed by atoms with E-state index >= 15 is 0 Å². The maximum atomic E-state index is 5.91. The Balaban J connectivity index is 1.57. The fourth-order valence-corrected chi connectivity index (χ4v) is 2.77. The summed E-state index contributed by atoms with van der Waals surface area (Å²) in [6, 6.07) is 21.3. The van der Waals surface area contributed by atoms with E-state index < -0.39 is 0 Å². The maximum absolute atomic E-state index is 5.91. The van der Waals surface area contributed by atoms with Crippen molar-refractivity contribution in [2.24, 2.45) is 0 Å². The maximum Gasteiger partial charge on any atom is 0.0743 e. The normalized spacial score (nSPS) is 19.9. The predicted octanol–water partition coefficient (Wildman–Crippen LogP) is 3.13. The standard InChI is InChI=1S/C18H21NO/c1-3-7-16(8-4-1)13-18-15-19(11-12-20-18)14-17-9-5-2-6-10-17/h1-10,18H,11-15H2. The molecule has 1 aliphatic rings. The smallest absolute Gasteiger partial charge is 0.0743 e. The quantitative estimate of drug-likeness (QED) is 0.844. The zero-order chi connectivity index (χ0) is 13.6. The van der Waals surface area contributed by atoms with Crippen LogP contribution in [-0.4, -0.2) is 30.7 Å². The summed E-state index contributed by atoms with van der Waals surface area (Å²) in [5.41, 5.74) is 2.74. The van der Waals surface area contributed by atoms with Gasteiger partial charge < -0.3 is 4.74 Å². The van der Waals surface area contributed by atoms with Crippen LogP contribution in [0.25, 0.3) is 0 Å². The predicted molar refractivity (Wildman–Crippen MR) is 81.6 cm³/mol. The molecule has 0 aromatic heterocycles. The van der Waals surface area contributed by atoms with Gasteiger partial charge in [0.25, 0.3) is 0 Å². The molecule has 0 aliphatic carbocycles. The van der Waals surface area contributed by atoms with Gasteiger partial charge in [-0.15, -0.1) is 0 Å². The van der Waals surface area contributed by atoms with Crippen LogP contribution in [0.15, 0.2) is 60.7 Å². The molecule has 3 rings (SSSR count). The monoisotopic (exact) mass is 267 g/mol. The Labute approximate surface area is 121 Å². The van der Waals surface area contributed by atoms with Gasteiger partial charge in [-0.2, -0.15) is 0 Å². The number of benzene rings is 2. The highest BCUT2D eigenvalue weighted by Gasteiger charge is 2.20. The number of morpholine rings is 1. The Morgan fingerprint density at radius 1 is 0.900 bits per heavy atom. The minimum atomic E-state index is 0.315. The van der Waals surface area contributed by atoms with Crippen LogP contribution in [0.3, 0.4) is 0 Å². The van der Waals surface area contributed by atoms with Crippen LogP contribution in [0.5, 0.6) is 0 Å². The van der Waals surface area contributed by atoms with Gasteiger partial charge in [0.05, 0.1) is 12.7 Å². The molecule has 20 heavy (non-hydrogen) atoms. The van der Waals surface area contributed by atoms with Gasteiger partial charge in [-0.3, -0.25) is 4.90 Å². The Kier molecular flexibility index (Phi) is 4.46. The molecule has 0 N–H and O–H groups in total. The number of hydrogen-bond acceptors (Lipinski definition) is 2. The van der Waals surface area contributed by atoms with Crippen molar-refractivity contribution in [3.05, 3.63) is 71.8 Å². The number of hydrogen-bond donors (Lipinski definition) is 0. The first-order chi connectivity index (χ1) is 9.90. The summed E-state index contributed by atoms with van der Waals surface area (Å²) < 4.78 is 5.91. The molecule has 0 saturated carbocycles. The van der Waals surface area contributed by atoms with Crippen molar-refractivity contribution in [2.45, 2.75) is 19.1 Å². The Morgan fingerprint density at radius 2 is 1.55 bits per heavy atom. The van der Waals surface area contributed by atoms with Crippen molar-refractivity contribution < 1.29 is 4.74 Å². The fourth-order valence-electron chi connectivity index (χ4n) is 2.77. The summed E-state index contributed by atoms with van der Waals surface area (Å²) >= 11 is 0. The van der Waals surface area contributed by atoms with Crippen molar-refractivity contribution in [1.82, 2.24) is 4.90 Å². The van der Waals surface area contributed by atoms with E-state index in [-0.39, 0.29) is 0 Å². The molecule has 0 amide bonds. The van der Waals surface area contributed by atoms with Gasteiger partial charge in [-0.25, -0.2) is 0 Å². The summed E-state index contributed by atoms with van der Waals surface area (Å²) in [6.45, 7) is 3.91. The number of rotatable bonds is 4. The summed E-state index contributed by atoms with van der Waals surface area (Å²) in [6.07, 6.45) is 1.32. The van der Waals surface area contributed by atoms with Gasteiger partial charge in [-0.1, -0.05) is 60.7 Å². The first-order valence-electron chi connectivity index (χ1n) is 7.32. The van der Waals surface area contributed by atoms with Crippen molar-refractivity contribution in [2.75, 3.05) is 19.7 Å². The Morgan fingerprint density at radius 3 is 2.25 bits per heavy atom. The minimum absolute atomic E-state index is 0.315. The molecule has 0 radical (unpaired) electrons. The fraction of sp³-hybridized carbons (Fsp3) is 0.333. The molecule has 2 aromatic carbocycles. The average Bonchev–Trinajstić information content (AvgIpc) is 2.50. The molecule has 104 valence electrons. The highest BCUT2D eigenvalue weighted by atomic mass is 16.5. The minimum Gasteiger partial charge on any atom is -0.375 e. The first kappa shape index (κ1) is 13.3. The van der Waals surface area contributed by atoms with E-state index in [0.717, 1.165) is 32.7 Å². The molecule has 2 heteroatoms. The Hall–Kier alpha value is -1.64. The first-order valence-corrected chi connectivity index (χ1v) is 7.32. The van der Waals surface area contributed by atoms with Crippen LogP contribution in [0, 0.1) is 0 Å². The van der Waals surface area contributed by atoms with E-state index in [0.29, 0.717) is 6.10 Å². The summed E-state index contributed by atoms with van der Waals surface area (Å²) in [7, 11) is 0. The van der Waals surface area contributed by atoms with Gasteiger partial charge >= 0.3 is 0 Å². The van der Waals surface area contributed by atoms with Crippen LogP contribution in [-0.2, 0) is 17.7 Å². The van der Waals surface area contributed by atoms with E-state index in [2.05, 4.69) is 65.6 Å². The molecule has 0 bridgehead atoms. The molecular weight excluding hydrogens is 246 g/mol. The lowest BCUT2D eigenvalue weighted by Gasteiger charge is -2.33. The third-order valence-electron chi connectivity index (χ3n) is 3.78. The van der Waals surface area contributed by atoms with Crippen LogP contribution < -0.4 is 0 Å². The van der Waals surface area contributed by atoms with Gasteiger partial charge in [0.1, 0.15) is 0 Å². The molecule has 1 saturated heterocycles. The summed E-state index contributed by atoms with van der Waals surface area (Å²) in [4.78, 5) is 2.49. The lowest BCUT2D eigenvalue weighted by molar-refractivity contribution is -0.0304. The Bertz CT molecular complexity index is 464. The van der Waals surface area contributed by atoms with Gasteiger partial charge in [0, 0.05) is 19.6 Å². The zero-order valence-corrected chi connectivity index (χ0v) is 11.7. The van der Waals surface area contributed by atoms with Crippen LogP contribution in [0.1, 0.15) is 11.1 Å². The SMILES string of the molecule is c1ccc(CC2CN(Cc3ccccc3)CCO2)cc1. The highest BCUT2D eigenvalue weighted by molar-refractivity contribution is 5.16. The van der Waals surface area contributed by atoms with E-state index in [1.54, 1.807) is 0 Å². The van der Waals surface area contributed by atoms with Gasteiger partial charge in [0.15, 0.2) is 0 Å². The van der Waals surface area contributed by atoms with Crippen LogP contribution in [0.2, 0.25) is 0 Å². The molecule has 2 aromatic rings. The molecule has 1 unspecified atom stereocenters. The molecule has 1 heterocycles. The van der Waals surface area contributed by atoms with E-state index in [1.807, 2.05) is 0 Å². The molecule has 1 aliphatic heterocycles. The van der Waals surface area contributed by atoms with E-state index in [1.165, 1.54) is 11.1 Å². The third kappa shape index (κ3) is 3.69. The highest BCUT2D eigenvalue weighted by Crippen LogP contribution is 2.14. The van der Waals surface area contributed by atoms with Crippen LogP contribution in [0.4, 0.5) is 0 Å². The van der Waals surface area contributed by atoms with Gasteiger partial charge in [-0.05, 0) is 17.5 Å². The second kappa shape index (κ2) is 6.69. The van der Waals surface area contributed by atoms with Crippen molar-refractivity contribution >= 4 is 0 Å². The lowest BCUT2D eigenvalue weighted by atomic mass is 10.1. The van der Waals surface area contributed by atoms with Crippen molar-refractivity contribution in [3.63, 3.8) is 0 Å². The molecule has 2 nitrogen and oxygen atoms in total. The average molecular weight is 267 g/mol. The van der Waals surface area contributed by atoms with Crippen molar-refractivity contribution in [3.8, 4) is 0 Å².